The van der Waals surface area contributed by atoms with Crippen LogP contribution in [-0.2, 0) is 0 Å². The van der Waals surface area contributed by atoms with Crippen molar-refractivity contribution in [2.24, 2.45) is 5.92 Å². The van der Waals surface area contributed by atoms with Gasteiger partial charge >= 0.3 is 0 Å². The molecule has 0 aliphatic rings. The van der Waals surface area contributed by atoms with Crippen molar-refractivity contribution in [3.8, 4) is 5.75 Å². The van der Waals surface area contributed by atoms with E-state index in [9.17, 15) is 4.39 Å². The molecule has 0 aliphatic carbocycles. The van der Waals surface area contributed by atoms with Gasteiger partial charge in [0.15, 0.2) is 11.6 Å². The van der Waals surface area contributed by atoms with E-state index in [0.29, 0.717) is 18.3 Å². The van der Waals surface area contributed by atoms with Crippen molar-refractivity contribution in [2.45, 2.75) is 26.7 Å². The molecule has 0 radical (unpaired) electrons. The minimum Gasteiger partial charge on any atom is -0.490 e. The van der Waals surface area contributed by atoms with Crippen molar-refractivity contribution in [2.75, 3.05) is 11.9 Å². The molecule has 1 aromatic rings. The molecule has 16 heavy (non-hydrogen) atoms. The lowest BCUT2D eigenvalue weighted by Gasteiger charge is -2.14. The fourth-order valence-electron chi connectivity index (χ4n) is 1.54. The molecule has 0 aromatic heterocycles. The van der Waals surface area contributed by atoms with Crippen molar-refractivity contribution in [3.63, 3.8) is 0 Å². The van der Waals surface area contributed by atoms with Crippen LogP contribution < -0.4 is 4.74 Å². The molecule has 0 aliphatic heterocycles. The first kappa shape index (κ1) is 13.5. The predicted molar refractivity (Wildman–Crippen MR) is 68.8 cm³/mol. The summed E-state index contributed by atoms with van der Waals surface area (Å²) in [4.78, 5) is 0. The molecule has 0 heterocycles. The molecule has 0 saturated heterocycles. The third kappa shape index (κ3) is 4.12. The molecule has 0 saturated carbocycles. The van der Waals surface area contributed by atoms with Crippen LogP contribution in [0.1, 0.15) is 25.3 Å². The first-order chi connectivity index (χ1) is 7.67. The Bertz CT molecular complexity index is 328. The number of aryl methyl sites for hydroxylation is 1. The Labute approximate surface area is 105 Å². The summed E-state index contributed by atoms with van der Waals surface area (Å²) in [5, 5.41) is 0.897. The zero-order valence-corrected chi connectivity index (χ0v) is 11.4. The molecule has 0 N–H and O–H groups in total. The summed E-state index contributed by atoms with van der Waals surface area (Å²) >= 11 is 3.45. The Hall–Kier alpha value is -0.570. The largest absolute Gasteiger partial charge is 0.490 e. The quantitative estimate of drug-likeness (QED) is 0.708. The normalized spacial score (nSPS) is 12.5. The van der Waals surface area contributed by atoms with Gasteiger partial charge in [-0.05, 0) is 31.0 Å². The first-order valence-electron chi connectivity index (χ1n) is 5.62. The van der Waals surface area contributed by atoms with E-state index in [-0.39, 0.29) is 5.82 Å². The maximum absolute atomic E-state index is 13.4. The third-order valence-electron chi connectivity index (χ3n) is 2.48. The van der Waals surface area contributed by atoms with E-state index in [1.165, 1.54) is 6.07 Å². The van der Waals surface area contributed by atoms with Gasteiger partial charge in [-0.15, -0.1) is 0 Å². The van der Waals surface area contributed by atoms with Crippen LogP contribution in [0.5, 0.6) is 5.75 Å². The standard InChI is InChI=1S/C13H18BrFO/c1-3-4-11(8-14)9-16-13-7-10(2)5-6-12(13)15/h5-7,11H,3-4,8-9H2,1-2H3. The van der Waals surface area contributed by atoms with Gasteiger partial charge in [0, 0.05) is 11.2 Å². The highest BCUT2D eigenvalue weighted by atomic mass is 79.9. The van der Waals surface area contributed by atoms with Gasteiger partial charge in [-0.2, -0.15) is 0 Å². The molecule has 1 atom stereocenters. The number of ether oxygens (including phenoxy) is 1. The maximum atomic E-state index is 13.4. The number of halogens is 2. The zero-order chi connectivity index (χ0) is 12.0. The lowest BCUT2D eigenvalue weighted by atomic mass is 10.1. The van der Waals surface area contributed by atoms with Crippen molar-refractivity contribution >= 4 is 15.9 Å². The van der Waals surface area contributed by atoms with Crippen LogP contribution in [0.25, 0.3) is 0 Å². The van der Waals surface area contributed by atoms with Crippen molar-refractivity contribution < 1.29 is 9.13 Å². The topological polar surface area (TPSA) is 9.23 Å². The molecule has 0 amide bonds. The Morgan fingerprint density at radius 3 is 2.81 bits per heavy atom. The Morgan fingerprint density at radius 1 is 1.44 bits per heavy atom. The first-order valence-corrected chi connectivity index (χ1v) is 6.74. The number of hydrogen-bond donors (Lipinski definition) is 0. The average Bonchev–Trinajstić information content (AvgIpc) is 2.28. The van der Waals surface area contributed by atoms with E-state index in [1.54, 1.807) is 12.1 Å². The van der Waals surface area contributed by atoms with Gasteiger partial charge in [-0.1, -0.05) is 35.3 Å². The van der Waals surface area contributed by atoms with Crippen molar-refractivity contribution in [1.29, 1.82) is 0 Å². The maximum Gasteiger partial charge on any atom is 0.165 e. The zero-order valence-electron chi connectivity index (χ0n) is 9.80. The molecule has 1 nitrogen and oxygen atoms in total. The Balaban J connectivity index is 2.55. The smallest absolute Gasteiger partial charge is 0.165 e. The summed E-state index contributed by atoms with van der Waals surface area (Å²) < 4.78 is 18.9. The summed E-state index contributed by atoms with van der Waals surface area (Å²) in [5.74, 6) is 0.530. The van der Waals surface area contributed by atoms with Crippen LogP contribution in [0.3, 0.4) is 0 Å². The van der Waals surface area contributed by atoms with Crippen LogP contribution in [0.2, 0.25) is 0 Å². The van der Waals surface area contributed by atoms with Gasteiger partial charge in [0.2, 0.25) is 0 Å². The fourth-order valence-corrected chi connectivity index (χ4v) is 2.05. The van der Waals surface area contributed by atoms with E-state index in [2.05, 4.69) is 22.9 Å². The molecule has 90 valence electrons. The van der Waals surface area contributed by atoms with Gasteiger partial charge in [0.05, 0.1) is 6.61 Å². The summed E-state index contributed by atoms with van der Waals surface area (Å²) in [6.45, 7) is 4.64. The molecule has 0 spiro atoms. The van der Waals surface area contributed by atoms with E-state index >= 15 is 0 Å². The lowest BCUT2D eigenvalue weighted by molar-refractivity contribution is 0.245. The van der Waals surface area contributed by atoms with Gasteiger partial charge in [0.25, 0.3) is 0 Å². The monoisotopic (exact) mass is 288 g/mol. The van der Waals surface area contributed by atoms with Gasteiger partial charge in [-0.25, -0.2) is 4.39 Å². The number of alkyl halides is 1. The molecule has 0 fully saturated rings. The summed E-state index contributed by atoms with van der Waals surface area (Å²) in [5.41, 5.74) is 1.02. The molecule has 3 heteroatoms. The molecule has 1 aromatic carbocycles. The summed E-state index contributed by atoms with van der Waals surface area (Å²) in [6, 6.07) is 4.94. The van der Waals surface area contributed by atoms with E-state index in [0.717, 1.165) is 23.7 Å². The molecular formula is C13H18BrFO. The molecule has 1 unspecified atom stereocenters. The highest BCUT2D eigenvalue weighted by molar-refractivity contribution is 9.09. The summed E-state index contributed by atoms with van der Waals surface area (Å²) in [7, 11) is 0. The van der Waals surface area contributed by atoms with Crippen LogP contribution in [-0.4, -0.2) is 11.9 Å². The van der Waals surface area contributed by atoms with Crippen LogP contribution in [0, 0.1) is 18.7 Å². The van der Waals surface area contributed by atoms with Gasteiger partial charge in [0.1, 0.15) is 0 Å². The Morgan fingerprint density at radius 2 is 2.19 bits per heavy atom. The van der Waals surface area contributed by atoms with E-state index in [4.69, 9.17) is 4.74 Å². The predicted octanol–water partition coefficient (Wildman–Crippen LogP) is 4.32. The second-order valence-electron chi connectivity index (χ2n) is 4.05. The second kappa shape index (κ2) is 6.89. The minimum absolute atomic E-state index is 0.282. The average molecular weight is 289 g/mol. The van der Waals surface area contributed by atoms with Crippen molar-refractivity contribution in [1.82, 2.24) is 0 Å². The van der Waals surface area contributed by atoms with Crippen LogP contribution in [0.15, 0.2) is 18.2 Å². The highest BCUT2D eigenvalue weighted by Crippen LogP contribution is 2.20. The molecule has 0 bridgehead atoms. The minimum atomic E-state index is -0.282. The van der Waals surface area contributed by atoms with E-state index in [1.807, 2.05) is 6.92 Å². The molecular weight excluding hydrogens is 271 g/mol. The molecule has 1 rings (SSSR count). The lowest BCUT2D eigenvalue weighted by Crippen LogP contribution is -2.13. The van der Waals surface area contributed by atoms with Gasteiger partial charge in [-0.3, -0.25) is 0 Å². The van der Waals surface area contributed by atoms with Crippen molar-refractivity contribution in [3.05, 3.63) is 29.6 Å². The number of rotatable bonds is 6. The SMILES string of the molecule is CCCC(CBr)COc1cc(C)ccc1F. The number of benzene rings is 1. The number of hydrogen-bond acceptors (Lipinski definition) is 1. The van der Waals surface area contributed by atoms with Crippen LogP contribution in [0.4, 0.5) is 4.39 Å². The van der Waals surface area contributed by atoms with Gasteiger partial charge < -0.3 is 4.74 Å². The van der Waals surface area contributed by atoms with Crippen LogP contribution >= 0.6 is 15.9 Å². The Kier molecular flexibility index (Phi) is 5.81. The summed E-state index contributed by atoms with van der Waals surface area (Å²) in [6.07, 6.45) is 2.22. The third-order valence-corrected chi connectivity index (χ3v) is 3.39. The highest BCUT2D eigenvalue weighted by Gasteiger charge is 2.09. The second-order valence-corrected chi connectivity index (χ2v) is 4.70. The van der Waals surface area contributed by atoms with E-state index < -0.39 is 0 Å². The fraction of sp³-hybridized carbons (Fsp3) is 0.538.